The van der Waals surface area contributed by atoms with Crippen molar-refractivity contribution in [3.63, 3.8) is 0 Å². The monoisotopic (exact) mass is 761 g/mol. The Morgan fingerprint density at radius 1 is 0.837 bits per heavy atom. The van der Waals surface area contributed by atoms with Gasteiger partial charge in [0.15, 0.2) is 0 Å². The predicted octanol–water partition coefficient (Wildman–Crippen LogP) is 9.75. The van der Waals surface area contributed by atoms with E-state index < -0.39 is 8.07 Å². The zero-order valence-electron chi connectivity index (χ0n) is 26.4. The molecule has 0 amide bonds. The minimum absolute atomic E-state index is 0. The Labute approximate surface area is 271 Å². The van der Waals surface area contributed by atoms with Gasteiger partial charge in [0.2, 0.25) is 0 Å². The number of hydrogen-bond acceptors (Lipinski definition) is 3. The van der Waals surface area contributed by atoms with Gasteiger partial charge in [0, 0.05) is 46.0 Å². The first-order valence-corrected chi connectivity index (χ1v) is 18.1. The molecule has 43 heavy (non-hydrogen) atoms. The van der Waals surface area contributed by atoms with E-state index >= 15 is 0 Å². The molecule has 0 atom stereocenters. The van der Waals surface area contributed by atoms with Gasteiger partial charge < -0.3 is 14.4 Å². The molecule has 0 aliphatic rings. The fraction of sp³-hybridized carbons (Fsp3) is 0.263. The van der Waals surface area contributed by atoms with E-state index in [0.29, 0.717) is 0 Å². The van der Waals surface area contributed by atoms with Crippen LogP contribution in [0, 0.1) is 31.4 Å². The van der Waals surface area contributed by atoms with E-state index in [4.69, 9.17) is 9.40 Å². The number of para-hydroxylation sites is 1. The number of benzene rings is 3. The van der Waals surface area contributed by atoms with E-state index in [1.54, 1.807) is 0 Å². The normalized spacial score (nSPS) is 11.6. The first kappa shape index (κ1) is 32.5. The largest absolute Gasteiger partial charge is 0.501 e. The van der Waals surface area contributed by atoms with Crippen molar-refractivity contribution in [2.24, 2.45) is 5.41 Å². The molecule has 3 aromatic heterocycles. The third kappa shape index (κ3) is 7.59. The SMILES string of the molecule is Cc1cc(-c2[c-]cc([Si](C)(C)C)c3c2oc2ccccc23)ncc1CC(C)(C)C.Cc1ccc(-c2[c-]cccc2)nc1.[Ir]. The van der Waals surface area contributed by atoms with Crippen molar-refractivity contribution >= 4 is 35.2 Å². The van der Waals surface area contributed by atoms with Gasteiger partial charge in [-0.25, -0.2) is 0 Å². The Morgan fingerprint density at radius 3 is 2.19 bits per heavy atom. The average Bonchev–Trinajstić information content (AvgIpc) is 3.33. The molecule has 0 bridgehead atoms. The molecule has 0 saturated carbocycles. The summed E-state index contributed by atoms with van der Waals surface area (Å²) in [5.41, 5.74) is 9.77. The Morgan fingerprint density at radius 2 is 1.56 bits per heavy atom. The zero-order valence-corrected chi connectivity index (χ0v) is 29.8. The van der Waals surface area contributed by atoms with Crippen molar-refractivity contribution in [1.82, 2.24) is 9.97 Å². The number of nitrogens with zero attached hydrogens (tertiary/aromatic N) is 2. The molecule has 3 nitrogen and oxygen atoms in total. The molecule has 0 fully saturated rings. The molecule has 6 rings (SSSR count). The van der Waals surface area contributed by atoms with E-state index in [1.165, 1.54) is 32.6 Å². The van der Waals surface area contributed by atoms with Crippen molar-refractivity contribution < 1.29 is 24.5 Å². The molecule has 0 unspecified atom stereocenters. The predicted molar refractivity (Wildman–Crippen MR) is 180 cm³/mol. The van der Waals surface area contributed by atoms with Gasteiger partial charge in [0.05, 0.1) is 5.58 Å². The molecule has 1 radical (unpaired) electrons. The molecule has 3 heterocycles. The molecule has 223 valence electrons. The summed E-state index contributed by atoms with van der Waals surface area (Å²) < 4.78 is 6.38. The van der Waals surface area contributed by atoms with Crippen LogP contribution in [0.3, 0.4) is 0 Å². The maximum Gasteiger partial charge on any atom is 0.120 e. The van der Waals surface area contributed by atoms with E-state index in [2.05, 4.69) is 101 Å². The maximum absolute atomic E-state index is 6.38. The number of aryl methyl sites for hydroxylation is 2. The molecular weight excluding hydrogens is 721 g/mol. The second-order valence-corrected chi connectivity index (χ2v) is 18.4. The first-order valence-electron chi connectivity index (χ1n) is 14.6. The van der Waals surface area contributed by atoms with Crippen molar-refractivity contribution in [3.8, 4) is 22.5 Å². The summed E-state index contributed by atoms with van der Waals surface area (Å²) in [5, 5.41) is 3.82. The van der Waals surface area contributed by atoms with Crippen LogP contribution in [0.1, 0.15) is 37.5 Å². The Bertz CT molecular complexity index is 1830. The fourth-order valence-electron chi connectivity index (χ4n) is 5.21. The number of pyridine rings is 2. The van der Waals surface area contributed by atoms with Crippen LogP contribution < -0.4 is 5.19 Å². The number of rotatable bonds is 4. The number of fused-ring (bicyclic) bond motifs is 3. The molecular formula is C38H40IrN2OSi-2. The maximum atomic E-state index is 6.38. The van der Waals surface area contributed by atoms with Gasteiger partial charge in [-0.2, -0.15) is 0 Å². The second-order valence-electron chi connectivity index (χ2n) is 13.4. The smallest absolute Gasteiger partial charge is 0.120 e. The van der Waals surface area contributed by atoms with Gasteiger partial charge in [-0.05, 0) is 54.3 Å². The topological polar surface area (TPSA) is 38.9 Å². The van der Waals surface area contributed by atoms with Gasteiger partial charge in [-0.1, -0.05) is 93.3 Å². The van der Waals surface area contributed by atoms with Gasteiger partial charge in [-0.15, -0.1) is 53.2 Å². The molecule has 0 spiro atoms. The Hall–Kier alpha value is -3.37. The third-order valence-electron chi connectivity index (χ3n) is 7.35. The fourth-order valence-corrected chi connectivity index (χ4v) is 6.71. The Kier molecular flexibility index (Phi) is 9.91. The summed E-state index contributed by atoms with van der Waals surface area (Å²) in [4.78, 5) is 9.14. The van der Waals surface area contributed by atoms with Crippen LogP contribution >= 0.6 is 0 Å². The summed E-state index contributed by atoms with van der Waals surface area (Å²) in [6.07, 6.45) is 4.92. The molecule has 0 N–H and O–H groups in total. The minimum atomic E-state index is -1.56. The van der Waals surface area contributed by atoms with Crippen molar-refractivity contribution in [1.29, 1.82) is 0 Å². The summed E-state index contributed by atoms with van der Waals surface area (Å²) in [7, 11) is -1.56. The molecule has 0 aliphatic heterocycles. The molecule has 3 aromatic carbocycles. The summed E-state index contributed by atoms with van der Waals surface area (Å²) >= 11 is 0. The first-order chi connectivity index (χ1) is 19.9. The summed E-state index contributed by atoms with van der Waals surface area (Å²) in [5.74, 6) is 0. The van der Waals surface area contributed by atoms with Crippen LogP contribution in [0.5, 0.6) is 0 Å². The number of hydrogen-bond donors (Lipinski definition) is 0. The summed E-state index contributed by atoms with van der Waals surface area (Å²) in [6.45, 7) is 18.1. The molecule has 5 heteroatoms. The van der Waals surface area contributed by atoms with Crippen LogP contribution in [-0.2, 0) is 26.5 Å². The molecule has 0 saturated heterocycles. The molecule has 0 aliphatic carbocycles. The van der Waals surface area contributed by atoms with Crippen molar-refractivity contribution in [3.05, 3.63) is 114 Å². The number of aromatic nitrogens is 2. The van der Waals surface area contributed by atoms with Crippen LogP contribution in [-0.4, -0.2) is 18.0 Å². The third-order valence-corrected chi connectivity index (χ3v) is 9.36. The standard InChI is InChI=1S/C26H30NOSi.C12H10N.Ir/c1-17-14-21(27-16-18(17)15-26(2,3)4)19-12-13-23(29(5,6)7)24-20-10-8-9-11-22(20)28-25(19)24;1-10-7-8-12(13-9-10)11-5-3-2-4-6-11;/h8-11,13-14,16H,15H2,1-7H3;2-5,7-9H,1H3;/q2*-1;. The van der Waals surface area contributed by atoms with Gasteiger partial charge in [0.1, 0.15) is 5.58 Å². The second kappa shape index (κ2) is 13.1. The van der Waals surface area contributed by atoms with Crippen molar-refractivity contribution in [2.75, 3.05) is 0 Å². The average molecular weight is 761 g/mol. The van der Waals surface area contributed by atoms with Gasteiger partial charge >= 0.3 is 0 Å². The van der Waals surface area contributed by atoms with E-state index in [9.17, 15) is 0 Å². The van der Waals surface area contributed by atoms with Crippen LogP contribution in [0.4, 0.5) is 0 Å². The van der Waals surface area contributed by atoms with Crippen LogP contribution in [0.15, 0.2) is 89.6 Å². The van der Waals surface area contributed by atoms with Crippen molar-refractivity contribution in [2.45, 2.75) is 60.7 Å². The molecule has 6 aromatic rings. The minimum Gasteiger partial charge on any atom is -0.501 e. The van der Waals surface area contributed by atoms with E-state index in [0.717, 1.165) is 40.1 Å². The van der Waals surface area contributed by atoms with Crippen LogP contribution in [0.25, 0.3) is 44.5 Å². The van der Waals surface area contributed by atoms with Crippen LogP contribution in [0.2, 0.25) is 19.6 Å². The van der Waals surface area contributed by atoms with Gasteiger partial charge in [-0.3, -0.25) is 0 Å². The zero-order chi connectivity index (χ0) is 30.1. The Balaban J connectivity index is 0.000000253. The quantitative estimate of drug-likeness (QED) is 0.133. The van der Waals surface area contributed by atoms with E-state index in [1.807, 2.05) is 55.7 Å². The summed E-state index contributed by atoms with van der Waals surface area (Å²) in [6, 6.07) is 31.3. The van der Waals surface area contributed by atoms with Gasteiger partial charge in [0.25, 0.3) is 0 Å². The number of furan rings is 1. The van der Waals surface area contributed by atoms with E-state index in [-0.39, 0.29) is 25.5 Å².